The van der Waals surface area contributed by atoms with E-state index < -0.39 is 5.60 Å². The van der Waals surface area contributed by atoms with Crippen molar-refractivity contribution in [2.75, 3.05) is 0 Å². The summed E-state index contributed by atoms with van der Waals surface area (Å²) in [7, 11) is 0. The molecule has 102 valence electrons. The van der Waals surface area contributed by atoms with E-state index in [0.29, 0.717) is 5.56 Å². The van der Waals surface area contributed by atoms with Gasteiger partial charge in [0.1, 0.15) is 5.60 Å². The Morgan fingerprint density at radius 2 is 2.15 bits per heavy atom. The van der Waals surface area contributed by atoms with Crippen molar-refractivity contribution < 1.29 is 9.53 Å². The van der Waals surface area contributed by atoms with Crippen molar-refractivity contribution in [3.05, 3.63) is 41.6 Å². The highest BCUT2D eigenvalue weighted by molar-refractivity contribution is 5.94. The Morgan fingerprint density at radius 1 is 1.40 bits per heavy atom. The molecule has 0 saturated heterocycles. The number of nitriles is 1. The van der Waals surface area contributed by atoms with Gasteiger partial charge in [-0.3, -0.25) is 0 Å². The van der Waals surface area contributed by atoms with Crippen LogP contribution < -0.4 is 0 Å². The maximum atomic E-state index is 11.6. The number of fused-ring (bicyclic) bond motifs is 1. The zero-order chi connectivity index (χ0) is 14.8. The molecule has 0 aliphatic rings. The fourth-order valence-electron chi connectivity index (χ4n) is 1.84. The van der Waals surface area contributed by atoms with Crippen molar-refractivity contribution in [2.45, 2.75) is 26.4 Å². The summed E-state index contributed by atoms with van der Waals surface area (Å²) >= 11 is 0. The number of hydrogen-bond acceptors (Lipinski definition) is 3. The maximum Gasteiger partial charge on any atom is 0.331 e. The quantitative estimate of drug-likeness (QED) is 0.670. The van der Waals surface area contributed by atoms with Crippen molar-refractivity contribution in [2.24, 2.45) is 0 Å². The van der Waals surface area contributed by atoms with E-state index in [9.17, 15) is 4.79 Å². The Hall–Kier alpha value is -2.54. The second kappa shape index (κ2) is 5.22. The number of nitrogens with one attached hydrogen (secondary N) is 1. The van der Waals surface area contributed by atoms with Crippen LogP contribution in [0.25, 0.3) is 17.0 Å². The summed E-state index contributed by atoms with van der Waals surface area (Å²) in [5.74, 6) is -0.386. The van der Waals surface area contributed by atoms with Gasteiger partial charge in [-0.15, -0.1) is 0 Å². The van der Waals surface area contributed by atoms with E-state index in [1.807, 2.05) is 26.8 Å². The predicted octanol–water partition coefficient (Wildman–Crippen LogP) is 3.39. The van der Waals surface area contributed by atoms with Crippen molar-refractivity contribution >= 4 is 22.9 Å². The molecule has 0 unspecified atom stereocenters. The molecule has 0 aliphatic heterocycles. The third-order valence-electron chi connectivity index (χ3n) is 2.65. The third-order valence-corrected chi connectivity index (χ3v) is 2.65. The van der Waals surface area contributed by atoms with Gasteiger partial charge in [-0.2, -0.15) is 5.26 Å². The normalized spacial score (nSPS) is 11.7. The number of H-pyrrole nitrogens is 1. The van der Waals surface area contributed by atoms with Crippen LogP contribution in [0.5, 0.6) is 0 Å². The molecule has 1 aromatic heterocycles. The van der Waals surface area contributed by atoms with Crippen molar-refractivity contribution in [1.82, 2.24) is 4.98 Å². The lowest BCUT2D eigenvalue weighted by molar-refractivity contribution is -0.148. The monoisotopic (exact) mass is 268 g/mol. The van der Waals surface area contributed by atoms with Gasteiger partial charge in [0, 0.05) is 28.7 Å². The smallest absolute Gasteiger partial charge is 0.331 e. The van der Waals surface area contributed by atoms with Gasteiger partial charge < -0.3 is 9.72 Å². The minimum absolute atomic E-state index is 0.386. The number of ether oxygens (including phenoxy) is 1. The summed E-state index contributed by atoms with van der Waals surface area (Å²) in [5, 5.41) is 9.83. The number of hydrogen-bond donors (Lipinski definition) is 1. The third kappa shape index (κ3) is 3.27. The molecule has 4 heteroatoms. The van der Waals surface area contributed by atoms with Crippen LogP contribution in [0, 0.1) is 11.3 Å². The molecule has 2 aromatic rings. The molecule has 0 atom stereocenters. The van der Waals surface area contributed by atoms with Crippen LogP contribution in [0.1, 0.15) is 31.9 Å². The van der Waals surface area contributed by atoms with Crippen LogP contribution in [0.4, 0.5) is 0 Å². The molecule has 0 saturated carbocycles. The Balaban J connectivity index is 2.26. The van der Waals surface area contributed by atoms with Crippen LogP contribution in [0.2, 0.25) is 0 Å². The summed E-state index contributed by atoms with van der Waals surface area (Å²) in [6, 6.07) is 7.49. The van der Waals surface area contributed by atoms with Gasteiger partial charge in [0.15, 0.2) is 0 Å². The number of aromatic nitrogens is 1. The maximum absolute atomic E-state index is 11.6. The van der Waals surface area contributed by atoms with Crippen LogP contribution in [-0.2, 0) is 9.53 Å². The number of esters is 1. The van der Waals surface area contributed by atoms with Gasteiger partial charge in [0.05, 0.1) is 11.6 Å². The first-order valence-electron chi connectivity index (χ1n) is 6.31. The highest BCUT2D eigenvalue weighted by atomic mass is 16.6. The van der Waals surface area contributed by atoms with Gasteiger partial charge >= 0.3 is 5.97 Å². The van der Waals surface area contributed by atoms with Crippen LogP contribution >= 0.6 is 0 Å². The number of nitrogens with zero attached hydrogens (tertiary/aromatic N) is 1. The summed E-state index contributed by atoms with van der Waals surface area (Å²) < 4.78 is 5.20. The van der Waals surface area contributed by atoms with Gasteiger partial charge in [0.2, 0.25) is 0 Å². The number of aromatic amines is 1. The van der Waals surface area contributed by atoms with Crippen molar-refractivity contribution in [3.8, 4) is 6.07 Å². The Kier molecular flexibility index (Phi) is 3.62. The first-order valence-corrected chi connectivity index (χ1v) is 6.31. The first-order chi connectivity index (χ1) is 9.39. The molecule has 2 rings (SSSR count). The van der Waals surface area contributed by atoms with Crippen molar-refractivity contribution in [1.29, 1.82) is 5.26 Å². The molecular weight excluding hydrogens is 252 g/mol. The predicted molar refractivity (Wildman–Crippen MR) is 77.9 cm³/mol. The van der Waals surface area contributed by atoms with E-state index in [2.05, 4.69) is 11.1 Å². The van der Waals surface area contributed by atoms with Crippen LogP contribution in [0.3, 0.4) is 0 Å². The second-order valence-corrected chi connectivity index (χ2v) is 5.48. The van der Waals surface area contributed by atoms with E-state index in [1.54, 1.807) is 24.4 Å². The molecule has 1 heterocycles. The molecule has 0 bridgehead atoms. The van der Waals surface area contributed by atoms with Gasteiger partial charge in [0.25, 0.3) is 0 Å². The standard InChI is InChI=1S/C16H16N2O2/c1-16(2,3)20-15(19)7-5-12-10-18-14-6-4-11(9-17)8-13(12)14/h4-8,10,18H,1-3H3. The Bertz CT molecular complexity index is 712. The summed E-state index contributed by atoms with van der Waals surface area (Å²) in [6.45, 7) is 5.47. The summed E-state index contributed by atoms with van der Waals surface area (Å²) in [4.78, 5) is 14.7. The van der Waals surface area contributed by atoms with Crippen LogP contribution in [-0.4, -0.2) is 16.6 Å². The Labute approximate surface area is 117 Å². The molecule has 0 radical (unpaired) electrons. The molecule has 0 spiro atoms. The summed E-state index contributed by atoms with van der Waals surface area (Å²) in [5.41, 5.74) is 1.86. The number of carbonyl (C=O) groups excluding carboxylic acids is 1. The molecule has 0 fully saturated rings. The second-order valence-electron chi connectivity index (χ2n) is 5.48. The van der Waals surface area contributed by atoms with Crippen molar-refractivity contribution in [3.63, 3.8) is 0 Å². The Morgan fingerprint density at radius 3 is 2.80 bits per heavy atom. The van der Waals surface area contributed by atoms with Crippen LogP contribution in [0.15, 0.2) is 30.5 Å². The minimum Gasteiger partial charge on any atom is -0.457 e. The van der Waals surface area contributed by atoms with E-state index in [0.717, 1.165) is 16.5 Å². The number of benzene rings is 1. The molecule has 0 amide bonds. The summed E-state index contributed by atoms with van der Waals surface area (Å²) in [6.07, 6.45) is 4.88. The lowest BCUT2D eigenvalue weighted by Gasteiger charge is -2.17. The fraction of sp³-hybridized carbons (Fsp3) is 0.250. The van der Waals surface area contributed by atoms with E-state index in [4.69, 9.17) is 10.00 Å². The largest absolute Gasteiger partial charge is 0.457 e. The van der Waals surface area contributed by atoms with E-state index in [1.165, 1.54) is 6.08 Å². The molecule has 0 aliphatic carbocycles. The van der Waals surface area contributed by atoms with Gasteiger partial charge in [-0.25, -0.2) is 4.79 Å². The average Bonchev–Trinajstić information content (AvgIpc) is 2.76. The van der Waals surface area contributed by atoms with E-state index >= 15 is 0 Å². The highest BCUT2D eigenvalue weighted by Gasteiger charge is 2.14. The SMILES string of the molecule is CC(C)(C)OC(=O)C=Cc1c[nH]c2ccc(C#N)cc12. The average molecular weight is 268 g/mol. The topological polar surface area (TPSA) is 65.9 Å². The molecule has 4 nitrogen and oxygen atoms in total. The van der Waals surface area contributed by atoms with Gasteiger partial charge in [-0.05, 0) is 45.0 Å². The molecule has 1 aromatic carbocycles. The fourth-order valence-corrected chi connectivity index (χ4v) is 1.84. The molecule has 20 heavy (non-hydrogen) atoms. The van der Waals surface area contributed by atoms with Gasteiger partial charge in [-0.1, -0.05) is 0 Å². The lowest BCUT2D eigenvalue weighted by atomic mass is 10.1. The zero-order valence-corrected chi connectivity index (χ0v) is 11.7. The number of rotatable bonds is 2. The number of carbonyl (C=O) groups is 1. The van der Waals surface area contributed by atoms with E-state index in [-0.39, 0.29) is 5.97 Å². The highest BCUT2D eigenvalue weighted by Crippen LogP contribution is 2.21. The molecular formula is C16H16N2O2. The first kappa shape index (κ1) is 13.9. The molecule has 1 N–H and O–H groups in total. The minimum atomic E-state index is -0.504. The zero-order valence-electron chi connectivity index (χ0n) is 11.7. The lowest BCUT2D eigenvalue weighted by Crippen LogP contribution is -2.22.